The fourth-order valence-electron chi connectivity index (χ4n) is 2.92. The molecule has 0 saturated carbocycles. The van der Waals surface area contributed by atoms with Crippen molar-refractivity contribution in [3.63, 3.8) is 0 Å². The minimum Gasteiger partial charge on any atom is -0.490 e. The standard InChI is InChI=1S/C14H21N3O3/c1-10-4-3-7-16(13(10)9-15)11-5-6-12(17(18)19)14(8-11)20-2/h5-6,8,10,13H,3-4,7,9,15H2,1-2H3. The molecule has 1 saturated heterocycles. The van der Waals surface area contributed by atoms with E-state index in [2.05, 4.69) is 11.8 Å². The molecule has 0 bridgehead atoms. The number of hydrogen-bond donors (Lipinski definition) is 1. The number of anilines is 1. The summed E-state index contributed by atoms with van der Waals surface area (Å²) in [7, 11) is 1.45. The summed E-state index contributed by atoms with van der Waals surface area (Å²) in [6.07, 6.45) is 2.28. The van der Waals surface area contributed by atoms with E-state index < -0.39 is 4.92 Å². The monoisotopic (exact) mass is 279 g/mol. The molecular weight excluding hydrogens is 258 g/mol. The fourth-order valence-corrected chi connectivity index (χ4v) is 2.92. The van der Waals surface area contributed by atoms with Crippen molar-refractivity contribution in [1.29, 1.82) is 0 Å². The Morgan fingerprint density at radius 1 is 1.55 bits per heavy atom. The van der Waals surface area contributed by atoms with Crippen LogP contribution in [-0.4, -0.2) is 31.2 Å². The van der Waals surface area contributed by atoms with Crippen LogP contribution >= 0.6 is 0 Å². The summed E-state index contributed by atoms with van der Waals surface area (Å²) < 4.78 is 5.13. The van der Waals surface area contributed by atoms with E-state index in [9.17, 15) is 10.1 Å². The first-order valence-corrected chi connectivity index (χ1v) is 6.87. The normalized spacial score (nSPS) is 22.6. The van der Waals surface area contributed by atoms with Gasteiger partial charge >= 0.3 is 5.69 Å². The van der Waals surface area contributed by atoms with E-state index in [1.54, 1.807) is 12.1 Å². The smallest absolute Gasteiger partial charge is 0.311 e. The van der Waals surface area contributed by atoms with Gasteiger partial charge in [-0.05, 0) is 24.8 Å². The number of nitro benzene ring substituents is 1. The molecule has 110 valence electrons. The fraction of sp³-hybridized carbons (Fsp3) is 0.571. The highest BCUT2D eigenvalue weighted by Gasteiger charge is 2.28. The van der Waals surface area contributed by atoms with Gasteiger partial charge in [-0.1, -0.05) is 6.92 Å². The Hall–Kier alpha value is -1.82. The lowest BCUT2D eigenvalue weighted by Gasteiger charge is -2.41. The van der Waals surface area contributed by atoms with Crippen molar-refractivity contribution in [1.82, 2.24) is 0 Å². The van der Waals surface area contributed by atoms with Gasteiger partial charge in [0.05, 0.1) is 12.0 Å². The van der Waals surface area contributed by atoms with Crippen LogP contribution in [0.5, 0.6) is 5.75 Å². The van der Waals surface area contributed by atoms with E-state index in [1.807, 2.05) is 0 Å². The third-order valence-electron chi connectivity index (χ3n) is 4.05. The number of nitro groups is 1. The van der Waals surface area contributed by atoms with Crippen LogP contribution in [-0.2, 0) is 0 Å². The maximum absolute atomic E-state index is 10.9. The van der Waals surface area contributed by atoms with Crippen LogP contribution in [0.3, 0.4) is 0 Å². The first-order chi connectivity index (χ1) is 9.58. The van der Waals surface area contributed by atoms with E-state index in [1.165, 1.54) is 19.6 Å². The van der Waals surface area contributed by atoms with E-state index >= 15 is 0 Å². The van der Waals surface area contributed by atoms with Gasteiger partial charge in [-0.15, -0.1) is 0 Å². The zero-order valence-electron chi connectivity index (χ0n) is 11.9. The molecule has 6 nitrogen and oxygen atoms in total. The summed E-state index contributed by atoms with van der Waals surface area (Å²) in [5.74, 6) is 0.816. The SMILES string of the molecule is COc1cc(N2CCCC(C)C2CN)ccc1[N+](=O)[O-]. The Kier molecular flexibility index (Phi) is 4.44. The molecule has 1 aromatic rings. The predicted molar refractivity (Wildman–Crippen MR) is 78.2 cm³/mol. The van der Waals surface area contributed by atoms with E-state index in [0.717, 1.165) is 18.7 Å². The largest absolute Gasteiger partial charge is 0.490 e. The third kappa shape index (κ3) is 2.70. The molecule has 0 amide bonds. The van der Waals surface area contributed by atoms with Crippen LogP contribution in [0.4, 0.5) is 11.4 Å². The molecule has 1 aliphatic rings. The Morgan fingerprint density at radius 2 is 2.30 bits per heavy atom. The van der Waals surface area contributed by atoms with Crippen molar-refractivity contribution in [2.75, 3.05) is 25.1 Å². The third-order valence-corrected chi connectivity index (χ3v) is 4.05. The second-order valence-electron chi connectivity index (χ2n) is 5.23. The maximum Gasteiger partial charge on any atom is 0.311 e. The molecule has 20 heavy (non-hydrogen) atoms. The summed E-state index contributed by atoms with van der Waals surface area (Å²) in [6, 6.07) is 5.29. The minimum atomic E-state index is -0.429. The molecule has 1 aliphatic heterocycles. The summed E-state index contributed by atoms with van der Waals surface area (Å²) in [6.45, 7) is 3.71. The molecule has 0 spiro atoms. The van der Waals surface area contributed by atoms with Gasteiger partial charge < -0.3 is 15.4 Å². The molecule has 6 heteroatoms. The van der Waals surface area contributed by atoms with Gasteiger partial charge in [-0.2, -0.15) is 0 Å². The van der Waals surface area contributed by atoms with Gasteiger partial charge in [0, 0.05) is 37.0 Å². The van der Waals surface area contributed by atoms with Crippen molar-refractivity contribution >= 4 is 11.4 Å². The Labute approximate surface area is 118 Å². The van der Waals surface area contributed by atoms with Crippen LogP contribution in [0.15, 0.2) is 18.2 Å². The topological polar surface area (TPSA) is 81.6 Å². The van der Waals surface area contributed by atoms with E-state index in [-0.39, 0.29) is 11.7 Å². The molecular formula is C14H21N3O3. The van der Waals surface area contributed by atoms with Gasteiger partial charge in [-0.25, -0.2) is 0 Å². The summed E-state index contributed by atoms with van der Waals surface area (Å²) in [5.41, 5.74) is 6.82. The molecule has 1 aromatic carbocycles. The zero-order valence-corrected chi connectivity index (χ0v) is 11.9. The van der Waals surface area contributed by atoms with Crippen LogP contribution in [0.25, 0.3) is 0 Å². The van der Waals surface area contributed by atoms with Crippen molar-refractivity contribution in [2.24, 2.45) is 11.7 Å². The molecule has 1 heterocycles. The van der Waals surface area contributed by atoms with E-state index in [0.29, 0.717) is 18.2 Å². The van der Waals surface area contributed by atoms with E-state index in [4.69, 9.17) is 10.5 Å². The molecule has 2 unspecified atom stereocenters. The molecule has 2 atom stereocenters. The number of benzene rings is 1. The molecule has 0 aromatic heterocycles. The Balaban J connectivity index is 2.34. The highest BCUT2D eigenvalue weighted by Crippen LogP contribution is 2.34. The van der Waals surface area contributed by atoms with Crippen molar-refractivity contribution in [3.8, 4) is 5.75 Å². The lowest BCUT2D eigenvalue weighted by Crippen LogP contribution is -2.48. The second kappa shape index (κ2) is 6.09. The van der Waals surface area contributed by atoms with Crippen molar-refractivity contribution in [2.45, 2.75) is 25.8 Å². The number of rotatable bonds is 4. The van der Waals surface area contributed by atoms with Crippen LogP contribution in [0.2, 0.25) is 0 Å². The summed E-state index contributed by atoms with van der Waals surface area (Å²) in [5, 5.41) is 10.9. The zero-order chi connectivity index (χ0) is 14.7. The number of piperidine rings is 1. The second-order valence-corrected chi connectivity index (χ2v) is 5.23. The molecule has 1 fully saturated rings. The number of nitrogens with two attached hydrogens (primary N) is 1. The van der Waals surface area contributed by atoms with Gasteiger partial charge in [0.15, 0.2) is 5.75 Å². The van der Waals surface area contributed by atoms with Crippen LogP contribution < -0.4 is 15.4 Å². The highest BCUT2D eigenvalue weighted by atomic mass is 16.6. The Morgan fingerprint density at radius 3 is 2.90 bits per heavy atom. The van der Waals surface area contributed by atoms with Gasteiger partial charge in [-0.3, -0.25) is 10.1 Å². The van der Waals surface area contributed by atoms with Crippen molar-refractivity contribution in [3.05, 3.63) is 28.3 Å². The summed E-state index contributed by atoms with van der Waals surface area (Å²) >= 11 is 0. The molecule has 2 rings (SSSR count). The number of nitrogens with zero attached hydrogens (tertiary/aromatic N) is 2. The van der Waals surface area contributed by atoms with Crippen LogP contribution in [0.1, 0.15) is 19.8 Å². The lowest BCUT2D eigenvalue weighted by molar-refractivity contribution is -0.385. The van der Waals surface area contributed by atoms with Gasteiger partial charge in [0.25, 0.3) is 0 Å². The highest BCUT2D eigenvalue weighted by molar-refractivity contribution is 5.60. The average molecular weight is 279 g/mol. The number of methoxy groups -OCH3 is 1. The quantitative estimate of drug-likeness (QED) is 0.674. The minimum absolute atomic E-state index is 0.00870. The molecule has 0 radical (unpaired) electrons. The first-order valence-electron chi connectivity index (χ1n) is 6.87. The number of ether oxygens (including phenoxy) is 1. The lowest BCUT2D eigenvalue weighted by atomic mass is 9.90. The van der Waals surface area contributed by atoms with Gasteiger partial charge in [0.2, 0.25) is 0 Å². The summed E-state index contributed by atoms with van der Waals surface area (Å²) in [4.78, 5) is 12.7. The van der Waals surface area contributed by atoms with Crippen molar-refractivity contribution < 1.29 is 9.66 Å². The van der Waals surface area contributed by atoms with Crippen LogP contribution in [0, 0.1) is 16.0 Å². The molecule has 0 aliphatic carbocycles. The first kappa shape index (κ1) is 14.6. The maximum atomic E-state index is 10.9. The predicted octanol–water partition coefficient (Wildman–Crippen LogP) is 2.17. The Bertz CT molecular complexity index is 493. The molecule has 2 N–H and O–H groups in total. The average Bonchev–Trinajstić information content (AvgIpc) is 2.46. The number of hydrogen-bond acceptors (Lipinski definition) is 5. The van der Waals surface area contributed by atoms with Gasteiger partial charge in [0.1, 0.15) is 0 Å².